The van der Waals surface area contributed by atoms with Gasteiger partial charge in [0.2, 0.25) is 5.60 Å². The predicted molar refractivity (Wildman–Crippen MR) is 184 cm³/mol. The monoisotopic (exact) mass is 690 g/mol. The summed E-state index contributed by atoms with van der Waals surface area (Å²) in [6.45, 7) is 2.83. The summed E-state index contributed by atoms with van der Waals surface area (Å²) in [5.74, 6) is -0.906. The molecule has 2 fully saturated rings. The van der Waals surface area contributed by atoms with Crippen LogP contribution in [0.4, 0.5) is 14.3 Å². The zero-order valence-corrected chi connectivity index (χ0v) is 29.5. The van der Waals surface area contributed by atoms with Crippen LogP contribution in [-0.2, 0) is 30.9 Å². The van der Waals surface area contributed by atoms with Gasteiger partial charge in [0.1, 0.15) is 17.5 Å². The van der Waals surface area contributed by atoms with E-state index in [-0.39, 0.29) is 18.9 Å². The molecule has 1 N–H and O–H groups in total. The summed E-state index contributed by atoms with van der Waals surface area (Å²) in [5, 5.41) is 13.1. The lowest BCUT2D eigenvalue weighted by atomic mass is 9.47. The van der Waals surface area contributed by atoms with Crippen molar-refractivity contribution in [3.05, 3.63) is 71.1 Å². The molecule has 1 aromatic heterocycles. The third kappa shape index (κ3) is 3.99. The fourth-order valence-corrected chi connectivity index (χ4v) is 11.2. The molecule has 0 radical (unpaired) electrons. The number of ether oxygens (including phenoxy) is 3. The molecule has 7 atom stereocenters. The van der Waals surface area contributed by atoms with E-state index in [2.05, 4.69) is 4.90 Å². The van der Waals surface area contributed by atoms with Crippen LogP contribution in [0.3, 0.4) is 0 Å². The first-order valence-corrected chi connectivity index (χ1v) is 17.7. The van der Waals surface area contributed by atoms with E-state index in [1.807, 2.05) is 56.1 Å². The van der Waals surface area contributed by atoms with Crippen LogP contribution in [0.15, 0.2) is 48.6 Å². The number of aryl methyl sites for hydroxylation is 2. The molecule has 50 heavy (non-hydrogen) atoms. The summed E-state index contributed by atoms with van der Waals surface area (Å²) in [4.78, 5) is 32.5. The molecule has 5 aliphatic heterocycles. The van der Waals surface area contributed by atoms with Crippen molar-refractivity contribution in [3.63, 3.8) is 0 Å². The second kappa shape index (κ2) is 11.0. The van der Waals surface area contributed by atoms with Gasteiger partial charge in [-0.15, -0.1) is 0 Å². The van der Waals surface area contributed by atoms with Gasteiger partial charge in [0, 0.05) is 61.1 Å². The van der Waals surface area contributed by atoms with Crippen molar-refractivity contribution in [1.82, 2.24) is 9.38 Å². The number of hydrogen-bond donors (Lipinski definition) is 1. The van der Waals surface area contributed by atoms with Gasteiger partial charge in [-0.25, -0.2) is 4.79 Å². The standard InChI is InChI=1S/C37H45BF2N4O6/c1-7-35-15-8-17-42-18-16-36(31(35)42)27-13-12-26(48-5)21-29(27)41(4)32(36)37(47,34(46)49-6)33(35)50-30(45)14-11-24-9-10-25-20-28-22(2)19-23(3)43(28)38(39,40)44(24)25/h8-10,12-13,15,19,21,25,31-33,47H,7,11,14,16-18,20H2,1-6H3/t25?,31-,32+,33+,35+,36+,37-/m0/s1. The van der Waals surface area contributed by atoms with Crippen LogP contribution in [0.5, 0.6) is 5.75 Å². The van der Waals surface area contributed by atoms with E-state index in [9.17, 15) is 14.7 Å². The van der Waals surface area contributed by atoms with E-state index in [0.29, 0.717) is 48.7 Å². The maximum atomic E-state index is 16.2. The number of hydrogen-bond acceptors (Lipinski definition) is 8. The number of halogens is 2. The zero-order chi connectivity index (χ0) is 35.5. The minimum Gasteiger partial charge on any atom is -0.497 e. The number of likely N-dealkylation sites (N-methyl/N-ethyl adjacent to an activating group) is 1. The van der Waals surface area contributed by atoms with Crippen LogP contribution in [0.25, 0.3) is 0 Å². The number of methoxy groups -OCH3 is 2. The molecule has 0 bridgehead atoms. The maximum Gasteiger partial charge on any atom is 0.732 e. The molecule has 1 spiro atoms. The first kappa shape index (κ1) is 33.2. The highest BCUT2D eigenvalue weighted by Crippen LogP contribution is 2.67. The molecule has 266 valence electrons. The highest BCUT2D eigenvalue weighted by Gasteiger charge is 2.80. The lowest BCUT2D eigenvalue weighted by Gasteiger charge is -2.63. The summed E-state index contributed by atoms with van der Waals surface area (Å²) in [6.07, 6.45) is 7.62. The third-order valence-corrected chi connectivity index (χ3v) is 13.0. The Kier molecular flexibility index (Phi) is 7.31. The largest absolute Gasteiger partial charge is 0.732 e. The number of allylic oxidation sites excluding steroid dienone is 1. The van der Waals surface area contributed by atoms with E-state index in [1.165, 1.54) is 11.6 Å². The summed E-state index contributed by atoms with van der Waals surface area (Å²) >= 11 is 0. The highest BCUT2D eigenvalue weighted by molar-refractivity contribution is 6.57. The summed E-state index contributed by atoms with van der Waals surface area (Å²) in [7, 11) is 4.68. The number of benzene rings is 1. The quantitative estimate of drug-likeness (QED) is 0.267. The maximum absolute atomic E-state index is 16.2. The number of nitrogens with zero attached hydrogens (tertiary/aromatic N) is 4. The minimum absolute atomic E-state index is 0.0181. The van der Waals surface area contributed by atoms with Gasteiger partial charge < -0.3 is 41.8 Å². The van der Waals surface area contributed by atoms with Crippen molar-refractivity contribution < 1.29 is 42.0 Å². The van der Waals surface area contributed by atoms with Crippen molar-refractivity contribution in [1.29, 1.82) is 0 Å². The summed E-state index contributed by atoms with van der Waals surface area (Å²) < 4.78 is 51.9. The van der Waals surface area contributed by atoms with Crippen molar-refractivity contribution in [2.24, 2.45) is 5.41 Å². The molecule has 10 nitrogen and oxygen atoms in total. The van der Waals surface area contributed by atoms with Crippen LogP contribution >= 0.6 is 0 Å². The molecule has 1 aromatic carbocycles. The van der Waals surface area contributed by atoms with E-state index in [1.54, 1.807) is 32.3 Å². The number of carbonyl (C=O) groups excluding carboxylic acids is 2. The third-order valence-electron chi connectivity index (χ3n) is 13.0. The Balaban J connectivity index is 1.18. The molecular formula is C37H45BF2N4O6. The van der Waals surface area contributed by atoms with Crippen molar-refractivity contribution in [2.45, 2.75) is 88.1 Å². The molecule has 1 saturated carbocycles. The smallest absolute Gasteiger partial charge is 0.497 e. The van der Waals surface area contributed by atoms with Gasteiger partial charge in [0.05, 0.1) is 26.7 Å². The molecule has 2 aromatic rings. The van der Waals surface area contributed by atoms with Gasteiger partial charge in [-0.1, -0.05) is 25.1 Å². The van der Waals surface area contributed by atoms with Crippen molar-refractivity contribution in [2.75, 3.05) is 39.3 Å². The fourth-order valence-electron chi connectivity index (χ4n) is 11.2. The van der Waals surface area contributed by atoms with E-state index < -0.39 is 53.5 Å². The lowest BCUT2D eigenvalue weighted by molar-refractivity contribution is -0.457. The van der Waals surface area contributed by atoms with E-state index in [4.69, 9.17) is 14.2 Å². The summed E-state index contributed by atoms with van der Waals surface area (Å²) in [5.41, 5.74) is 0.279. The molecule has 13 heteroatoms. The minimum atomic E-state index is -4.13. The van der Waals surface area contributed by atoms with Gasteiger partial charge in [-0.3, -0.25) is 9.69 Å². The molecular weight excluding hydrogens is 645 g/mol. The Bertz CT molecular complexity index is 1910. The fraction of sp³-hybridized carbons (Fsp3) is 0.541. The summed E-state index contributed by atoms with van der Waals surface area (Å²) in [6, 6.07) is 6.12. The second-order valence-electron chi connectivity index (χ2n) is 15.0. The van der Waals surface area contributed by atoms with Crippen molar-refractivity contribution >= 4 is 30.3 Å². The first-order chi connectivity index (χ1) is 23.8. The SMILES string of the molecule is CC[C@]12C=CCN3CC[C@@]4(c5ccc(OC)cc5N(C)[C@H]4[C@@](O)(C(=O)OC)[C@@H]1OC(=O)CCC1=[N+]4C(C=C1)Cc1c(C)cc(C)n1[B-]4(F)F)[C@@H]32. The Morgan fingerprint density at radius 2 is 1.94 bits per heavy atom. The van der Waals surface area contributed by atoms with E-state index >= 15 is 8.63 Å². The molecule has 6 heterocycles. The van der Waals surface area contributed by atoms with E-state index in [0.717, 1.165) is 27.8 Å². The van der Waals surface area contributed by atoms with Gasteiger partial charge >= 0.3 is 18.9 Å². The number of rotatable bonds is 7. The molecule has 1 saturated heterocycles. The van der Waals surface area contributed by atoms with Crippen LogP contribution in [0.2, 0.25) is 0 Å². The van der Waals surface area contributed by atoms with Gasteiger partial charge in [-0.2, -0.15) is 0 Å². The number of anilines is 1. The lowest BCUT2D eigenvalue weighted by Crippen LogP contribution is -2.81. The van der Waals surface area contributed by atoms with Gasteiger partial charge in [0.25, 0.3) is 0 Å². The Hall–Kier alpha value is -3.97. The molecule has 0 amide bonds. The topological polar surface area (TPSA) is 96.5 Å². The Morgan fingerprint density at radius 1 is 1.16 bits per heavy atom. The Morgan fingerprint density at radius 3 is 2.66 bits per heavy atom. The average Bonchev–Trinajstić information content (AvgIpc) is 3.84. The van der Waals surface area contributed by atoms with Crippen molar-refractivity contribution in [3.8, 4) is 5.75 Å². The first-order valence-electron chi connectivity index (χ1n) is 17.7. The molecule has 1 aliphatic carbocycles. The number of fused-ring (bicyclic) bond motifs is 3. The number of carbonyl (C=O) groups is 2. The second-order valence-corrected chi connectivity index (χ2v) is 15.0. The van der Waals surface area contributed by atoms with Crippen LogP contribution in [0, 0.1) is 19.3 Å². The molecule has 8 rings (SSSR count). The highest BCUT2D eigenvalue weighted by atomic mass is 19.2. The zero-order valence-electron chi connectivity index (χ0n) is 29.5. The number of esters is 2. The van der Waals surface area contributed by atoms with Gasteiger partial charge in [0.15, 0.2) is 6.10 Å². The molecule has 1 unspecified atom stereocenters. The number of aromatic nitrogens is 1. The van der Waals surface area contributed by atoms with Crippen LogP contribution < -0.4 is 9.64 Å². The van der Waals surface area contributed by atoms with Crippen LogP contribution in [-0.4, -0.2) is 108 Å². The predicted octanol–water partition coefficient (Wildman–Crippen LogP) is 3.69. The van der Waals surface area contributed by atoms with Gasteiger partial charge in [-0.05, 0) is 74.0 Å². The number of aliphatic hydroxyl groups is 1. The Labute approximate surface area is 291 Å². The average molecular weight is 691 g/mol. The van der Waals surface area contributed by atoms with Crippen LogP contribution in [0.1, 0.15) is 55.1 Å². The molecule has 6 aliphatic rings. The normalized spacial score (nSPS) is 34.2.